The summed E-state index contributed by atoms with van der Waals surface area (Å²) in [6.07, 6.45) is 3.76. The van der Waals surface area contributed by atoms with Crippen LogP contribution in [0.1, 0.15) is 37.9 Å². The summed E-state index contributed by atoms with van der Waals surface area (Å²) in [5.41, 5.74) is 2.08. The monoisotopic (exact) mass is 245 g/mol. The zero-order chi connectivity index (χ0) is 13.1. The van der Waals surface area contributed by atoms with Crippen molar-refractivity contribution in [2.75, 3.05) is 11.9 Å². The molecule has 2 heterocycles. The molecule has 0 aromatic carbocycles. The van der Waals surface area contributed by atoms with Crippen LogP contribution >= 0.6 is 0 Å². The quantitative estimate of drug-likeness (QED) is 0.899. The first-order valence-corrected chi connectivity index (χ1v) is 6.25. The van der Waals surface area contributed by atoms with Crippen LogP contribution in [0.25, 0.3) is 5.82 Å². The van der Waals surface area contributed by atoms with E-state index < -0.39 is 0 Å². The van der Waals surface area contributed by atoms with Crippen LogP contribution < -0.4 is 5.32 Å². The van der Waals surface area contributed by atoms with Crippen LogP contribution in [0.2, 0.25) is 0 Å². The van der Waals surface area contributed by atoms with Crippen LogP contribution in [-0.2, 0) is 0 Å². The van der Waals surface area contributed by atoms with E-state index in [9.17, 15) is 0 Å². The Hall–Kier alpha value is -1.91. The molecule has 0 amide bonds. The highest BCUT2D eigenvalue weighted by Crippen LogP contribution is 2.15. The van der Waals surface area contributed by atoms with Gasteiger partial charge in [-0.1, -0.05) is 13.8 Å². The summed E-state index contributed by atoms with van der Waals surface area (Å²) >= 11 is 0. The number of aryl methyl sites for hydroxylation is 1. The van der Waals surface area contributed by atoms with Crippen LogP contribution in [0.15, 0.2) is 18.5 Å². The van der Waals surface area contributed by atoms with Crippen molar-refractivity contribution in [3.05, 3.63) is 29.7 Å². The zero-order valence-corrected chi connectivity index (χ0v) is 11.3. The first-order chi connectivity index (χ1) is 8.61. The lowest BCUT2D eigenvalue weighted by Gasteiger charge is -2.07. The van der Waals surface area contributed by atoms with E-state index in [1.54, 1.807) is 0 Å². The Balaban J connectivity index is 2.38. The Labute approximate surface area is 107 Å². The van der Waals surface area contributed by atoms with Gasteiger partial charge in [-0.2, -0.15) is 10.1 Å². The van der Waals surface area contributed by atoms with E-state index in [2.05, 4.69) is 34.2 Å². The topological polar surface area (TPSA) is 55.6 Å². The van der Waals surface area contributed by atoms with Gasteiger partial charge >= 0.3 is 0 Å². The Morgan fingerprint density at radius 3 is 2.78 bits per heavy atom. The third-order valence-electron chi connectivity index (χ3n) is 2.70. The highest BCUT2D eigenvalue weighted by Gasteiger charge is 2.09. The number of nitrogens with one attached hydrogen (secondary N) is 1. The van der Waals surface area contributed by atoms with Crippen LogP contribution in [0.4, 0.5) is 5.95 Å². The Kier molecular flexibility index (Phi) is 3.60. The van der Waals surface area contributed by atoms with E-state index in [0.29, 0.717) is 11.9 Å². The molecule has 0 aliphatic carbocycles. The average molecular weight is 245 g/mol. The first kappa shape index (κ1) is 12.5. The molecule has 0 atom stereocenters. The average Bonchev–Trinajstić information content (AvgIpc) is 2.81. The van der Waals surface area contributed by atoms with Gasteiger partial charge in [0.25, 0.3) is 0 Å². The molecule has 0 unspecified atom stereocenters. The predicted octanol–water partition coefficient (Wildman–Crippen LogP) is 2.53. The van der Waals surface area contributed by atoms with Gasteiger partial charge in [0.15, 0.2) is 5.82 Å². The molecular formula is C13H19N5. The molecule has 2 aromatic heterocycles. The van der Waals surface area contributed by atoms with Gasteiger partial charge in [0.1, 0.15) is 0 Å². The summed E-state index contributed by atoms with van der Waals surface area (Å²) in [5.74, 6) is 1.88. The molecule has 2 aromatic rings. The number of rotatable bonds is 4. The largest absolute Gasteiger partial charge is 0.354 e. The fourth-order valence-corrected chi connectivity index (χ4v) is 1.67. The van der Waals surface area contributed by atoms with Crippen molar-refractivity contribution < 1.29 is 0 Å². The van der Waals surface area contributed by atoms with E-state index in [-0.39, 0.29) is 0 Å². The summed E-state index contributed by atoms with van der Waals surface area (Å²) in [7, 11) is 0. The number of nitrogens with zero attached hydrogens (tertiary/aromatic N) is 4. The van der Waals surface area contributed by atoms with Crippen LogP contribution in [0.5, 0.6) is 0 Å². The molecule has 0 fully saturated rings. The molecule has 2 rings (SSSR count). The third kappa shape index (κ3) is 2.50. The summed E-state index contributed by atoms with van der Waals surface area (Å²) in [4.78, 5) is 8.72. The molecule has 0 aliphatic heterocycles. The maximum atomic E-state index is 4.54. The molecule has 0 aliphatic rings. The Bertz CT molecular complexity index is 530. The second-order valence-electron chi connectivity index (χ2n) is 4.57. The van der Waals surface area contributed by atoms with Crippen molar-refractivity contribution in [3.63, 3.8) is 0 Å². The summed E-state index contributed by atoms with van der Waals surface area (Å²) in [6.45, 7) is 9.07. The smallest absolute Gasteiger partial charge is 0.224 e. The van der Waals surface area contributed by atoms with E-state index in [0.717, 1.165) is 23.6 Å². The molecule has 5 heteroatoms. The lowest BCUT2D eigenvalue weighted by Crippen LogP contribution is -2.08. The van der Waals surface area contributed by atoms with Gasteiger partial charge in [-0.15, -0.1) is 0 Å². The van der Waals surface area contributed by atoms with E-state index in [1.165, 1.54) is 0 Å². The third-order valence-corrected chi connectivity index (χ3v) is 2.70. The van der Waals surface area contributed by atoms with Crippen molar-refractivity contribution in [3.8, 4) is 5.82 Å². The highest BCUT2D eigenvalue weighted by atomic mass is 15.3. The van der Waals surface area contributed by atoms with E-state index in [4.69, 9.17) is 0 Å². The number of aromatic nitrogens is 4. The molecule has 0 saturated heterocycles. The van der Waals surface area contributed by atoms with Gasteiger partial charge in [0.2, 0.25) is 5.95 Å². The second-order valence-corrected chi connectivity index (χ2v) is 4.57. The molecule has 96 valence electrons. The number of hydrogen-bond donors (Lipinski definition) is 1. The molecule has 0 radical (unpaired) electrons. The summed E-state index contributed by atoms with van der Waals surface area (Å²) < 4.78 is 1.81. The van der Waals surface area contributed by atoms with E-state index >= 15 is 0 Å². The minimum Gasteiger partial charge on any atom is -0.354 e. The van der Waals surface area contributed by atoms with Crippen molar-refractivity contribution in [2.45, 2.75) is 33.6 Å². The van der Waals surface area contributed by atoms with Gasteiger partial charge in [-0.25, -0.2) is 9.67 Å². The van der Waals surface area contributed by atoms with Crippen molar-refractivity contribution >= 4 is 5.95 Å². The fraction of sp³-hybridized carbons (Fsp3) is 0.462. The van der Waals surface area contributed by atoms with Crippen molar-refractivity contribution in [1.82, 2.24) is 19.7 Å². The fourth-order valence-electron chi connectivity index (χ4n) is 1.67. The Morgan fingerprint density at radius 1 is 1.39 bits per heavy atom. The van der Waals surface area contributed by atoms with E-state index in [1.807, 2.05) is 37.0 Å². The van der Waals surface area contributed by atoms with Gasteiger partial charge < -0.3 is 5.32 Å². The van der Waals surface area contributed by atoms with Gasteiger partial charge in [-0.3, -0.25) is 0 Å². The SMILES string of the molecule is CCNc1ncc(C)c(-n2ccc(C(C)C)n2)n1. The van der Waals surface area contributed by atoms with Gasteiger partial charge in [0, 0.05) is 24.5 Å². The minimum absolute atomic E-state index is 0.418. The van der Waals surface area contributed by atoms with Crippen molar-refractivity contribution in [2.24, 2.45) is 0 Å². The maximum absolute atomic E-state index is 4.54. The summed E-state index contributed by atoms with van der Waals surface area (Å²) in [5, 5.41) is 7.65. The zero-order valence-electron chi connectivity index (χ0n) is 11.3. The second kappa shape index (κ2) is 5.16. The van der Waals surface area contributed by atoms with Gasteiger partial charge in [-0.05, 0) is 25.8 Å². The van der Waals surface area contributed by atoms with Crippen LogP contribution in [-0.4, -0.2) is 26.3 Å². The highest BCUT2D eigenvalue weighted by molar-refractivity contribution is 5.37. The predicted molar refractivity (Wildman–Crippen MR) is 72.1 cm³/mol. The standard InChI is InChI=1S/C13H19N5/c1-5-14-13-15-8-10(4)12(16-13)18-7-6-11(17-18)9(2)3/h6-9H,5H2,1-4H3,(H,14,15,16). The molecule has 5 nitrogen and oxygen atoms in total. The molecule has 0 bridgehead atoms. The first-order valence-electron chi connectivity index (χ1n) is 6.25. The maximum Gasteiger partial charge on any atom is 0.224 e. The molecule has 1 N–H and O–H groups in total. The van der Waals surface area contributed by atoms with Crippen molar-refractivity contribution in [1.29, 1.82) is 0 Å². The molecule has 0 spiro atoms. The number of anilines is 1. The minimum atomic E-state index is 0.418. The normalized spacial score (nSPS) is 10.9. The van der Waals surface area contributed by atoms with Gasteiger partial charge in [0.05, 0.1) is 5.69 Å². The number of hydrogen-bond acceptors (Lipinski definition) is 4. The van der Waals surface area contributed by atoms with Crippen LogP contribution in [0.3, 0.4) is 0 Å². The summed E-state index contributed by atoms with van der Waals surface area (Å²) in [6, 6.07) is 2.03. The molecular weight excluding hydrogens is 226 g/mol. The molecule has 0 saturated carbocycles. The molecule has 18 heavy (non-hydrogen) atoms. The van der Waals surface area contributed by atoms with Crippen LogP contribution in [0, 0.1) is 6.92 Å². The lowest BCUT2D eigenvalue weighted by molar-refractivity contribution is 0.752. The Morgan fingerprint density at radius 2 is 2.17 bits per heavy atom. The lowest BCUT2D eigenvalue weighted by atomic mass is 10.1.